The molecule has 0 aromatic carbocycles. The Morgan fingerprint density at radius 1 is 1.12 bits per heavy atom. The van der Waals surface area contributed by atoms with E-state index in [1.165, 1.54) is 0 Å². The Bertz CT molecular complexity index is 239. The molecule has 0 radical (unpaired) electrons. The van der Waals surface area contributed by atoms with Crippen molar-refractivity contribution in [3.63, 3.8) is 0 Å². The molecule has 16 heavy (non-hydrogen) atoms. The van der Waals surface area contributed by atoms with Crippen LogP contribution < -0.4 is 5.66 Å². The van der Waals surface area contributed by atoms with Gasteiger partial charge in [0.05, 0.1) is 6.26 Å². The highest BCUT2D eigenvalue weighted by atomic mass is 16.6. The van der Waals surface area contributed by atoms with Crippen LogP contribution in [-0.4, -0.2) is 20.3 Å². The molecule has 0 aliphatic heterocycles. The lowest BCUT2D eigenvalue weighted by Crippen LogP contribution is -2.36. The zero-order valence-electron chi connectivity index (χ0n) is 10.3. The van der Waals surface area contributed by atoms with E-state index in [9.17, 15) is 0 Å². The van der Waals surface area contributed by atoms with Gasteiger partial charge >= 0.3 is 7.12 Å². The standard InChI is InChI=1S/C12H21BO3/c1-3-5-10-15-13(16-11-6-4-2)12-8-7-9-14-12/h7-9H,3-6,10-11H2,1-2H3. The van der Waals surface area contributed by atoms with Crippen LogP contribution in [0.4, 0.5) is 0 Å². The zero-order valence-corrected chi connectivity index (χ0v) is 10.3. The summed E-state index contributed by atoms with van der Waals surface area (Å²) in [6.45, 7) is 5.72. The number of hydrogen-bond donors (Lipinski definition) is 0. The Labute approximate surface area is 98.3 Å². The molecule has 1 heterocycles. The van der Waals surface area contributed by atoms with Crippen molar-refractivity contribution < 1.29 is 13.7 Å². The van der Waals surface area contributed by atoms with Crippen molar-refractivity contribution in [2.45, 2.75) is 39.5 Å². The topological polar surface area (TPSA) is 31.6 Å². The summed E-state index contributed by atoms with van der Waals surface area (Å²) in [6, 6.07) is 3.75. The molecule has 0 unspecified atom stereocenters. The molecule has 0 saturated carbocycles. The van der Waals surface area contributed by atoms with E-state index in [0.717, 1.165) is 31.3 Å². The summed E-state index contributed by atoms with van der Waals surface area (Å²) in [6.07, 6.45) is 6.00. The highest BCUT2D eigenvalue weighted by Gasteiger charge is 2.24. The van der Waals surface area contributed by atoms with Gasteiger partial charge in [-0.25, -0.2) is 0 Å². The molecule has 3 nitrogen and oxygen atoms in total. The molecule has 0 atom stereocenters. The Balaban J connectivity index is 2.36. The fourth-order valence-corrected chi connectivity index (χ4v) is 1.31. The predicted molar refractivity (Wildman–Crippen MR) is 65.8 cm³/mol. The van der Waals surface area contributed by atoms with E-state index in [2.05, 4.69) is 13.8 Å². The molecule has 0 fully saturated rings. The van der Waals surface area contributed by atoms with Gasteiger partial charge in [0.25, 0.3) is 0 Å². The molecule has 1 aromatic rings. The normalized spacial score (nSPS) is 10.6. The van der Waals surface area contributed by atoms with Gasteiger partial charge in [-0.05, 0) is 25.0 Å². The van der Waals surface area contributed by atoms with Crippen LogP contribution in [0.15, 0.2) is 22.8 Å². The highest BCUT2D eigenvalue weighted by molar-refractivity contribution is 6.59. The molecule has 0 bridgehead atoms. The van der Waals surface area contributed by atoms with Crippen LogP contribution in [0.3, 0.4) is 0 Å². The van der Waals surface area contributed by atoms with Crippen molar-refractivity contribution in [3.8, 4) is 0 Å². The maximum atomic E-state index is 5.66. The van der Waals surface area contributed by atoms with Gasteiger partial charge in [-0.15, -0.1) is 0 Å². The second-order valence-corrected chi connectivity index (χ2v) is 3.80. The van der Waals surface area contributed by atoms with Gasteiger partial charge in [-0.2, -0.15) is 0 Å². The molecule has 90 valence electrons. The van der Waals surface area contributed by atoms with E-state index in [0.29, 0.717) is 13.2 Å². The number of rotatable bonds is 9. The SMILES string of the molecule is CCCCOB(OCCCC)c1ccco1. The number of hydrogen-bond acceptors (Lipinski definition) is 3. The quantitative estimate of drug-likeness (QED) is 0.477. The lowest BCUT2D eigenvalue weighted by atomic mass is 9.86. The molecule has 0 amide bonds. The van der Waals surface area contributed by atoms with E-state index < -0.39 is 0 Å². The van der Waals surface area contributed by atoms with Gasteiger partial charge in [-0.3, -0.25) is 0 Å². The molecule has 0 N–H and O–H groups in total. The monoisotopic (exact) mass is 224 g/mol. The number of unbranched alkanes of at least 4 members (excludes halogenated alkanes) is 2. The van der Waals surface area contributed by atoms with E-state index in [1.54, 1.807) is 6.26 Å². The summed E-state index contributed by atoms with van der Waals surface area (Å²) >= 11 is 0. The van der Waals surface area contributed by atoms with Crippen LogP contribution in [-0.2, 0) is 9.31 Å². The molecule has 0 spiro atoms. The van der Waals surface area contributed by atoms with Crippen molar-refractivity contribution in [3.05, 3.63) is 18.4 Å². The molecule has 0 aliphatic rings. The second-order valence-electron chi connectivity index (χ2n) is 3.80. The summed E-state index contributed by atoms with van der Waals surface area (Å²) in [4.78, 5) is 0. The first-order valence-electron chi connectivity index (χ1n) is 6.15. The first-order valence-corrected chi connectivity index (χ1v) is 6.15. The van der Waals surface area contributed by atoms with Crippen LogP contribution in [0.1, 0.15) is 39.5 Å². The third-order valence-corrected chi connectivity index (χ3v) is 2.31. The van der Waals surface area contributed by atoms with Crippen LogP contribution >= 0.6 is 0 Å². The van der Waals surface area contributed by atoms with Gasteiger partial charge < -0.3 is 13.7 Å². The van der Waals surface area contributed by atoms with E-state index >= 15 is 0 Å². The Morgan fingerprint density at radius 3 is 2.19 bits per heavy atom. The van der Waals surface area contributed by atoms with Crippen molar-refractivity contribution in [2.24, 2.45) is 0 Å². The van der Waals surface area contributed by atoms with Gasteiger partial charge in [0, 0.05) is 13.2 Å². The Hall–Kier alpha value is -0.735. The minimum atomic E-state index is -0.340. The van der Waals surface area contributed by atoms with E-state index in [4.69, 9.17) is 13.7 Å². The molecule has 1 aromatic heterocycles. The average molecular weight is 224 g/mol. The van der Waals surface area contributed by atoms with Crippen LogP contribution in [0, 0.1) is 0 Å². The molecular weight excluding hydrogens is 203 g/mol. The summed E-state index contributed by atoms with van der Waals surface area (Å²) < 4.78 is 16.6. The van der Waals surface area contributed by atoms with Gasteiger partial charge in [0.1, 0.15) is 5.66 Å². The molecule has 1 rings (SSSR count). The summed E-state index contributed by atoms with van der Waals surface area (Å²) in [5, 5.41) is 0. The zero-order chi connectivity index (χ0) is 11.6. The molecular formula is C12H21BO3. The average Bonchev–Trinajstić information content (AvgIpc) is 2.81. The van der Waals surface area contributed by atoms with Gasteiger partial charge in [0.2, 0.25) is 0 Å². The van der Waals surface area contributed by atoms with Crippen LogP contribution in [0.25, 0.3) is 0 Å². The summed E-state index contributed by atoms with van der Waals surface area (Å²) in [7, 11) is -0.340. The smallest absolute Gasteiger partial charge is 0.473 e. The number of furan rings is 1. The van der Waals surface area contributed by atoms with Crippen LogP contribution in [0.2, 0.25) is 0 Å². The third-order valence-electron chi connectivity index (χ3n) is 2.31. The van der Waals surface area contributed by atoms with Crippen molar-refractivity contribution in [1.29, 1.82) is 0 Å². The van der Waals surface area contributed by atoms with E-state index in [-0.39, 0.29) is 7.12 Å². The van der Waals surface area contributed by atoms with E-state index in [1.807, 2.05) is 12.1 Å². The van der Waals surface area contributed by atoms with Gasteiger partial charge in [-0.1, -0.05) is 26.7 Å². The largest absolute Gasteiger partial charge is 0.531 e. The molecule has 0 saturated heterocycles. The second kappa shape index (κ2) is 8.42. The van der Waals surface area contributed by atoms with Crippen molar-refractivity contribution in [2.75, 3.05) is 13.2 Å². The molecule has 0 aliphatic carbocycles. The third kappa shape index (κ3) is 4.86. The van der Waals surface area contributed by atoms with Crippen molar-refractivity contribution in [1.82, 2.24) is 0 Å². The molecule has 4 heteroatoms. The first kappa shape index (κ1) is 13.3. The maximum Gasteiger partial charge on any atom is 0.531 e. The maximum absolute atomic E-state index is 5.66. The fourth-order valence-electron chi connectivity index (χ4n) is 1.31. The van der Waals surface area contributed by atoms with Gasteiger partial charge in [0.15, 0.2) is 0 Å². The first-order chi connectivity index (χ1) is 7.88. The summed E-state index contributed by atoms with van der Waals surface area (Å²) in [5.74, 6) is 0. The van der Waals surface area contributed by atoms with Crippen molar-refractivity contribution >= 4 is 12.8 Å². The Morgan fingerprint density at radius 2 is 1.75 bits per heavy atom. The lowest BCUT2D eigenvalue weighted by molar-refractivity contribution is 0.198. The minimum Gasteiger partial charge on any atom is -0.473 e. The summed E-state index contributed by atoms with van der Waals surface area (Å²) in [5.41, 5.74) is 0.757. The predicted octanol–water partition coefficient (Wildman–Crippen LogP) is 2.61. The highest BCUT2D eigenvalue weighted by Crippen LogP contribution is 1.99. The Kier molecular flexibility index (Phi) is 7.02. The van der Waals surface area contributed by atoms with Crippen LogP contribution in [0.5, 0.6) is 0 Å². The fraction of sp³-hybridized carbons (Fsp3) is 0.667. The lowest BCUT2D eigenvalue weighted by Gasteiger charge is -2.12. The minimum absolute atomic E-state index is 0.340.